The molecule has 0 saturated carbocycles. The number of esters is 2. The molecule has 0 aliphatic carbocycles. The molecule has 0 amide bonds. The van der Waals surface area contributed by atoms with E-state index in [-0.39, 0.29) is 11.2 Å². The van der Waals surface area contributed by atoms with Crippen LogP contribution in [0.3, 0.4) is 0 Å². The number of ether oxygens (including phenoxy) is 3. The lowest BCUT2D eigenvalue weighted by Gasteiger charge is -2.23. The van der Waals surface area contributed by atoms with E-state index in [2.05, 4.69) is 15.0 Å². The van der Waals surface area contributed by atoms with Crippen LogP contribution in [0.2, 0.25) is 0 Å². The smallest absolute Gasteiger partial charge is 0.303 e. The average molecular weight is 336 g/mol. The zero-order chi connectivity index (χ0) is 17.4. The third-order valence-electron chi connectivity index (χ3n) is 3.67. The molecule has 2 aromatic rings. The zero-order valence-electron chi connectivity index (χ0n) is 13.3. The van der Waals surface area contributed by atoms with Crippen LogP contribution in [0.4, 0.5) is 0 Å². The standard InChI is InChI=1S/C14H16N4O6/c1-6-10(23-7(2)19)11(24-8(3)20)14(22-6)18-5-17-9-12(18)15-4-16-13(9)21/h4-6,10-11,14H,1-3H3,(H,15,16,21)/t6-,10?,11?,14-/m1/s1. The van der Waals surface area contributed by atoms with Gasteiger partial charge in [0.2, 0.25) is 0 Å². The molecule has 0 aromatic carbocycles. The van der Waals surface area contributed by atoms with Crippen LogP contribution in [0.25, 0.3) is 11.2 Å². The molecule has 4 atom stereocenters. The van der Waals surface area contributed by atoms with Gasteiger partial charge >= 0.3 is 11.9 Å². The lowest BCUT2D eigenvalue weighted by Crippen LogP contribution is -2.38. The first-order chi connectivity index (χ1) is 11.4. The first-order valence-corrected chi connectivity index (χ1v) is 7.28. The summed E-state index contributed by atoms with van der Waals surface area (Å²) in [7, 11) is 0. The highest BCUT2D eigenvalue weighted by Gasteiger charge is 2.48. The van der Waals surface area contributed by atoms with Crippen LogP contribution in [0.5, 0.6) is 0 Å². The van der Waals surface area contributed by atoms with Crippen molar-refractivity contribution in [2.24, 2.45) is 0 Å². The van der Waals surface area contributed by atoms with Crippen LogP contribution in [-0.2, 0) is 23.8 Å². The minimum absolute atomic E-state index is 0.131. The van der Waals surface area contributed by atoms with E-state index in [1.165, 1.54) is 31.1 Å². The first-order valence-electron chi connectivity index (χ1n) is 7.28. The number of fused-ring (bicyclic) bond motifs is 1. The molecule has 24 heavy (non-hydrogen) atoms. The summed E-state index contributed by atoms with van der Waals surface area (Å²) >= 11 is 0. The summed E-state index contributed by atoms with van der Waals surface area (Å²) in [6.45, 7) is 4.21. The normalized spacial score (nSPS) is 26.5. The van der Waals surface area contributed by atoms with Gasteiger partial charge in [0.25, 0.3) is 5.56 Å². The highest BCUT2D eigenvalue weighted by atomic mass is 16.6. The van der Waals surface area contributed by atoms with Crippen molar-refractivity contribution < 1.29 is 23.8 Å². The van der Waals surface area contributed by atoms with Crippen molar-refractivity contribution in [3.63, 3.8) is 0 Å². The number of H-pyrrole nitrogens is 1. The number of aromatic nitrogens is 4. The molecule has 10 nitrogen and oxygen atoms in total. The number of carbonyl (C=O) groups excluding carboxylic acids is 2. The van der Waals surface area contributed by atoms with E-state index in [0.29, 0.717) is 0 Å². The van der Waals surface area contributed by atoms with Gasteiger partial charge in [-0.15, -0.1) is 0 Å². The quantitative estimate of drug-likeness (QED) is 0.770. The van der Waals surface area contributed by atoms with Crippen LogP contribution in [0.1, 0.15) is 27.0 Å². The van der Waals surface area contributed by atoms with Gasteiger partial charge in [-0.2, -0.15) is 0 Å². The highest BCUT2D eigenvalue weighted by Crippen LogP contribution is 2.34. The van der Waals surface area contributed by atoms with Gasteiger partial charge in [0.05, 0.1) is 18.8 Å². The van der Waals surface area contributed by atoms with Crippen molar-refractivity contribution in [3.8, 4) is 0 Å². The van der Waals surface area contributed by atoms with Crippen molar-refractivity contribution in [2.75, 3.05) is 0 Å². The van der Waals surface area contributed by atoms with Gasteiger partial charge in [-0.1, -0.05) is 0 Å². The molecule has 10 heteroatoms. The van der Waals surface area contributed by atoms with Crippen LogP contribution < -0.4 is 5.56 Å². The fourth-order valence-corrected chi connectivity index (χ4v) is 2.75. The fraction of sp³-hybridized carbons (Fsp3) is 0.500. The van der Waals surface area contributed by atoms with Crippen LogP contribution in [-0.4, -0.2) is 49.8 Å². The predicted octanol–water partition coefficient (Wildman–Crippen LogP) is -0.0997. The van der Waals surface area contributed by atoms with Crippen molar-refractivity contribution in [1.82, 2.24) is 19.5 Å². The molecule has 2 unspecified atom stereocenters. The maximum absolute atomic E-state index is 11.8. The molecule has 0 spiro atoms. The summed E-state index contributed by atoms with van der Waals surface area (Å²) in [5.41, 5.74) is 0.00760. The van der Waals surface area contributed by atoms with Crippen LogP contribution in [0, 0.1) is 0 Å². The van der Waals surface area contributed by atoms with E-state index in [1.54, 1.807) is 6.92 Å². The minimum Gasteiger partial charge on any atom is -0.456 e. The fourth-order valence-electron chi connectivity index (χ4n) is 2.75. The van der Waals surface area contributed by atoms with E-state index in [9.17, 15) is 14.4 Å². The number of hydrogen-bond donors (Lipinski definition) is 1. The number of rotatable bonds is 3. The van der Waals surface area contributed by atoms with Crippen LogP contribution >= 0.6 is 0 Å². The SMILES string of the molecule is CC(=O)OC1C(OC(C)=O)[C@@H](C)O[C@H]1n1cnc2c(=O)[nH]cnc21. The van der Waals surface area contributed by atoms with Gasteiger partial charge in [0, 0.05) is 13.8 Å². The molecule has 1 saturated heterocycles. The number of hydrogen-bond acceptors (Lipinski definition) is 8. The molecule has 3 heterocycles. The van der Waals surface area contributed by atoms with Crippen LogP contribution in [0.15, 0.2) is 17.4 Å². The lowest BCUT2D eigenvalue weighted by molar-refractivity contribution is -0.165. The Morgan fingerprint density at radius 2 is 1.88 bits per heavy atom. The topological polar surface area (TPSA) is 125 Å². The largest absolute Gasteiger partial charge is 0.456 e. The monoisotopic (exact) mass is 336 g/mol. The molecule has 1 aliphatic rings. The molecule has 2 aromatic heterocycles. The van der Waals surface area contributed by atoms with Gasteiger partial charge in [0.15, 0.2) is 29.6 Å². The lowest BCUT2D eigenvalue weighted by atomic mass is 10.1. The van der Waals surface area contributed by atoms with E-state index >= 15 is 0 Å². The summed E-state index contributed by atoms with van der Waals surface area (Å²) in [5, 5.41) is 0. The van der Waals surface area contributed by atoms with E-state index in [0.717, 1.165) is 0 Å². The van der Waals surface area contributed by atoms with Gasteiger partial charge in [0.1, 0.15) is 0 Å². The molecule has 1 N–H and O–H groups in total. The Bertz CT molecular complexity index is 843. The summed E-state index contributed by atoms with van der Waals surface area (Å²) in [4.78, 5) is 45.1. The Hall–Kier alpha value is -2.75. The Morgan fingerprint density at radius 1 is 1.21 bits per heavy atom. The summed E-state index contributed by atoms with van der Waals surface area (Å²) in [5.74, 6) is -1.06. The maximum atomic E-state index is 11.8. The molecule has 1 aliphatic heterocycles. The van der Waals surface area contributed by atoms with Crippen molar-refractivity contribution in [2.45, 2.75) is 45.3 Å². The third-order valence-corrected chi connectivity index (χ3v) is 3.67. The summed E-state index contributed by atoms with van der Waals surface area (Å²) in [6, 6.07) is 0. The maximum Gasteiger partial charge on any atom is 0.303 e. The second-order valence-corrected chi connectivity index (χ2v) is 5.44. The van der Waals surface area contributed by atoms with Gasteiger partial charge in [-0.3, -0.25) is 19.0 Å². The Balaban J connectivity index is 2.03. The van der Waals surface area contributed by atoms with Crippen molar-refractivity contribution in [3.05, 3.63) is 23.0 Å². The first kappa shape index (κ1) is 16.1. The molecule has 1 fully saturated rings. The van der Waals surface area contributed by atoms with Gasteiger partial charge in [-0.25, -0.2) is 9.97 Å². The molecular formula is C14H16N4O6. The van der Waals surface area contributed by atoms with Crippen molar-refractivity contribution >= 4 is 23.1 Å². The second kappa shape index (κ2) is 6.04. The number of nitrogens with one attached hydrogen (secondary N) is 1. The van der Waals surface area contributed by atoms with Crippen molar-refractivity contribution in [1.29, 1.82) is 0 Å². The molecule has 0 bridgehead atoms. The average Bonchev–Trinajstić information content (AvgIpc) is 3.03. The number of aromatic amines is 1. The Labute approximate surface area is 135 Å². The molecule has 0 radical (unpaired) electrons. The number of carbonyl (C=O) groups is 2. The highest BCUT2D eigenvalue weighted by molar-refractivity contribution is 5.69. The minimum atomic E-state index is -0.889. The Kier molecular flexibility index (Phi) is 4.06. The third kappa shape index (κ3) is 2.75. The molecule has 128 valence electrons. The predicted molar refractivity (Wildman–Crippen MR) is 78.8 cm³/mol. The number of imidazole rings is 1. The Morgan fingerprint density at radius 3 is 2.54 bits per heavy atom. The molecule has 3 rings (SSSR count). The zero-order valence-corrected chi connectivity index (χ0v) is 13.3. The second-order valence-electron chi connectivity index (χ2n) is 5.44. The van der Waals surface area contributed by atoms with Gasteiger partial charge < -0.3 is 19.2 Å². The van der Waals surface area contributed by atoms with E-state index in [4.69, 9.17) is 14.2 Å². The molecular weight excluding hydrogens is 320 g/mol. The van der Waals surface area contributed by atoms with E-state index < -0.39 is 42.0 Å². The van der Waals surface area contributed by atoms with Gasteiger partial charge in [-0.05, 0) is 6.92 Å². The summed E-state index contributed by atoms with van der Waals surface area (Å²) in [6.07, 6.45) is -0.409. The number of nitrogens with zero attached hydrogens (tertiary/aromatic N) is 3. The van der Waals surface area contributed by atoms with E-state index in [1.807, 2.05) is 0 Å². The summed E-state index contributed by atoms with van der Waals surface area (Å²) < 4.78 is 17.8.